The van der Waals surface area contributed by atoms with Crippen LogP contribution >= 0.6 is 0 Å². The average Bonchev–Trinajstić information content (AvgIpc) is 3.11. The van der Waals surface area contributed by atoms with Gasteiger partial charge in [0.05, 0.1) is 19.9 Å². The van der Waals surface area contributed by atoms with Crippen molar-refractivity contribution in [2.45, 2.75) is 25.9 Å². The van der Waals surface area contributed by atoms with Crippen molar-refractivity contribution in [1.82, 2.24) is 9.88 Å². The first-order valence-electron chi connectivity index (χ1n) is 8.49. The molecule has 1 unspecified atom stereocenters. The zero-order valence-corrected chi connectivity index (χ0v) is 15.0. The molecule has 0 radical (unpaired) electrons. The smallest absolute Gasteiger partial charge is 0.209 e. The van der Waals surface area contributed by atoms with Gasteiger partial charge in [-0.3, -0.25) is 4.90 Å². The average molecular weight is 336 g/mol. The van der Waals surface area contributed by atoms with Crippen molar-refractivity contribution >= 4 is 0 Å². The van der Waals surface area contributed by atoms with E-state index >= 15 is 0 Å². The zero-order chi connectivity index (χ0) is 17.6. The number of nitrogens with zero attached hydrogens (tertiary/aromatic N) is 2. The van der Waals surface area contributed by atoms with Crippen LogP contribution < -0.4 is 4.74 Å². The molecule has 0 saturated carbocycles. The molecule has 0 N–H and O–H groups in total. The van der Waals surface area contributed by atoms with Gasteiger partial charge in [0.15, 0.2) is 5.76 Å². The fourth-order valence-corrected chi connectivity index (χ4v) is 2.75. The van der Waals surface area contributed by atoms with Gasteiger partial charge in [0, 0.05) is 11.6 Å². The lowest BCUT2D eigenvalue weighted by atomic mass is 10.1. The number of rotatable bonds is 7. The lowest BCUT2D eigenvalue weighted by molar-refractivity contribution is 0.225. The van der Waals surface area contributed by atoms with E-state index in [0.29, 0.717) is 12.6 Å². The van der Waals surface area contributed by atoms with Crippen LogP contribution in [0.15, 0.2) is 65.2 Å². The summed E-state index contributed by atoms with van der Waals surface area (Å²) in [6, 6.07) is 18.7. The van der Waals surface area contributed by atoms with Crippen molar-refractivity contribution in [3.05, 3.63) is 72.2 Å². The van der Waals surface area contributed by atoms with E-state index in [0.717, 1.165) is 29.4 Å². The SMILES string of the molecule is COc1ccc(CC(C)N(C)Cc2ncc(-c3ccccc3)o2)cc1. The number of hydrogen-bond donors (Lipinski definition) is 0. The van der Waals surface area contributed by atoms with Gasteiger partial charge in [0.1, 0.15) is 5.75 Å². The first-order valence-corrected chi connectivity index (χ1v) is 8.49. The monoisotopic (exact) mass is 336 g/mol. The van der Waals surface area contributed by atoms with Gasteiger partial charge in [0.25, 0.3) is 0 Å². The molecule has 2 aromatic carbocycles. The summed E-state index contributed by atoms with van der Waals surface area (Å²) in [6.07, 6.45) is 2.76. The standard InChI is InChI=1S/C21H24N2O2/c1-16(13-17-9-11-19(24-3)12-10-17)23(2)15-21-22-14-20(25-21)18-7-5-4-6-8-18/h4-12,14,16H,13,15H2,1-3H3. The second kappa shape index (κ2) is 7.99. The Balaban J connectivity index is 1.59. The largest absolute Gasteiger partial charge is 0.497 e. The molecule has 1 aromatic heterocycles. The van der Waals surface area contributed by atoms with Crippen LogP contribution in [0, 0.1) is 0 Å². The van der Waals surface area contributed by atoms with E-state index in [-0.39, 0.29) is 0 Å². The number of aromatic nitrogens is 1. The fourth-order valence-electron chi connectivity index (χ4n) is 2.75. The van der Waals surface area contributed by atoms with Crippen molar-refractivity contribution in [1.29, 1.82) is 0 Å². The number of ether oxygens (including phenoxy) is 1. The number of benzene rings is 2. The highest BCUT2D eigenvalue weighted by Crippen LogP contribution is 2.21. The van der Waals surface area contributed by atoms with E-state index in [9.17, 15) is 0 Å². The van der Waals surface area contributed by atoms with Gasteiger partial charge < -0.3 is 9.15 Å². The molecule has 0 fully saturated rings. The van der Waals surface area contributed by atoms with Gasteiger partial charge in [-0.15, -0.1) is 0 Å². The Morgan fingerprint density at radius 1 is 1.08 bits per heavy atom. The minimum Gasteiger partial charge on any atom is -0.497 e. The third-order valence-corrected chi connectivity index (χ3v) is 4.44. The summed E-state index contributed by atoms with van der Waals surface area (Å²) in [7, 11) is 3.78. The molecule has 4 heteroatoms. The van der Waals surface area contributed by atoms with E-state index in [1.807, 2.05) is 42.5 Å². The first kappa shape index (κ1) is 17.2. The second-order valence-corrected chi connectivity index (χ2v) is 6.30. The molecule has 1 atom stereocenters. The third-order valence-electron chi connectivity index (χ3n) is 4.44. The van der Waals surface area contributed by atoms with Crippen molar-refractivity contribution in [2.24, 2.45) is 0 Å². The van der Waals surface area contributed by atoms with Crippen LogP contribution in [0.1, 0.15) is 18.4 Å². The molecule has 0 bridgehead atoms. The van der Waals surface area contributed by atoms with Gasteiger partial charge in [-0.25, -0.2) is 4.98 Å². The Kier molecular flexibility index (Phi) is 5.51. The van der Waals surface area contributed by atoms with Crippen LogP contribution in [-0.4, -0.2) is 30.1 Å². The van der Waals surface area contributed by atoms with Crippen LogP contribution in [0.2, 0.25) is 0 Å². The molecular weight excluding hydrogens is 312 g/mol. The minimum atomic E-state index is 0.375. The summed E-state index contributed by atoms with van der Waals surface area (Å²) in [5.74, 6) is 2.44. The summed E-state index contributed by atoms with van der Waals surface area (Å²) in [5, 5.41) is 0. The molecule has 1 heterocycles. The number of likely N-dealkylation sites (N-methyl/N-ethyl adjacent to an activating group) is 1. The maximum Gasteiger partial charge on any atom is 0.209 e. The summed E-state index contributed by atoms with van der Waals surface area (Å²) in [6.45, 7) is 2.90. The van der Waals surface area contributed by atoms with Gasteiger partial charge in [-0.1, -0.05) is 42.5 Å². The van der Waals surface area contributed by atoms with Crippen molar-refractivity contribution in [2.75, 3.05) is 14.2 Å². The summed E-state index contributed by atoms with van der Waals surface area (Å²) in [4.78, 5) is 6.67. The maximum absolute atomic E-state index is 5.90. The van der Waals surface area contributed by atoms with E-state index in [1.54, 1.807) is 13.3 Å². The molecule has 0 aliphatic rings. The predicted molar refractivity (Wildman–Crippen MR) is 99.6 cm³/mol. The highest BCUT2D eigenvalue weighted by atomic mass is 16.5. The van der Waals surface area contributed by atoms with Crippen molar-refractivity contribution in [3.8, 4) is 17.1 Å². The van der Waals surface area contributed by atoms with Gasteiger partial charge >= 0.3 is 0 Å². The summed E-state index contributed by atoms with van der Waals surface area (Å²) in [5.41, 5.74) is 2.34. The second-order valence-electron chi connectivity index (χ2n) is 6.30. The molecule has 25 heavy (non-hydrogen) atoms. The molecule has 130 valence electrons. The summed E-state index contributed by atoms with van der Waals surface area (Å²) < 4.78 is 11.1. The highest BCUT2D eigenvalue weighted by Gasteiger charge is 2.14. The fraction of sp³-hybridized carbons (Fsp3) is 0.286. The highest BCUT2D eigenvalue weighted by molar-refractivity contribution is 5.55. The Hall–Kier alpha value is -2.59. The molecule has 0 saturated heterocycles. The molecule has 0 amide bonds. The van der Waals surface area contributed by atoms with E-state index < -0.39 is 0 Å². The number of methoxy groups -OCH3 is 1. The lowest BCUT2D eigenvalue weighted by Gasteiger charge is -2.23. The minimum absolute atomic E-state index is 0.375. The molecule has 0 aliphatic heterocycles. The molecule has 3 rings (SSSR count). The summed E-state index contributed by atoms with van der Waals surface area (Å²) >= 11 is 0. The molecule has 0 spiro atoms. The Morgan fingerprint density at radius 3 is 2.48 bits per heavy atom. The topological polar surface area (TPSA) is 38.5 Å². The predicted octanol–water partition coefficient (Wildman–Crippen LogP) is 4.41. The quantitative estimate of drug-likeness (QED) is 0.640. The molecule has 4 nitrogen and oxygen atoms in total. The zero-order valence-electron chi connectivity index (χ0n) is 15.0. The van der Waals surface area contributed by atoms with Crippen molar-refractivity contribution < 1.29 is 9.15 Å². The Bertz CT molecular complexity index is 781. The van der Waals surface area contributed by atoms with Crippen LogP contribution in [0.3, 0.4) is 0 Å². The molecule has 3 aromatic rings. The third kappa shape index (κ3) is 4.48. The van der Waals surface area contributed by atoms with Gasteiger partial charge in [-0.2, -0.15) is 0 Å². The van der Waals surface area contributed by atoms with Crippen LogP contribution in [0.4, 0.5) is 0 Å². The van der Waals surface area contributed by atoms with E-state index in [4.69, 9.17) is 9.15 Å². The van der Waals surface area contributed by atoms with Gasteiger partial charge in [0.2, 0.25) is 5.89 Å². The van der Waals surface area contributed by atoms with E-state index in [1.165, 1.54) is 5.56 Å². The normalized spacial score (nSPS) is 12.3. The lowest BCUT2D eigenvalue weighted by Crippen LogP contribution is -2.30. The molecular formula is C21H24N2O2. The Morgan fingerprint density at radius 2 is 1.80 bits per heavy atom. The van der Waals surface area contributed by atoms with Crippen LogP contribution in [-0.2, 0) is 13.0 Å². The van der Waals surface area contributed by atoms with E-state index in [2.05, 4.69) is 36.0 Å². The Labute approximate surface area is 149 Å². The maximum atomic E-state index is 5.90. The van der Waals surface area contributed by atoms with Crippen LogP contribution in [0.5, 0.6) is 5.75 Å². The molecule has 0 aliphatic carbocycles. The number of hydrogen-bond acceptors (Lipinski definition) is 4. The van der Waals surface area contributed by atoms with Crippen molar-refractivity contribution in [3.63, 3.8) is 0 Å². The first-order chi connectivity index (χ1) is 12.2. The number of oxazole rings is 1. The van der Waals surface area contributed by atoms with Gasteiger partial charge in [-0.05, 0) is 38.1 Å². The van der Waals surface area contributed by atoms with Crippen LogP contribution in [0.25, 0.3) is 11.3 Å².